The SMILES string of the molecule is CC1(C)CC(S(=O)(=O)C(C)(F)c2ccccc2)=NO1. The summed E-state index contributed by atoms with van der Waals surface area (Å²) in [4.78, 5) is 5.01. The van der Waals surface area contributed by atoms with Crippen molar-refractivity contribution in [2.24, 2.45) is 5.16 Å². The Kier molecular flexibility index (Phi) is 3.16. The Bertz CT molecular complexity index is 606. The van der Waals surface area contributed by atoms with Crippen LogP contribution in [0, 0.1) is 0 Å². The highest BCUT2D eigenvalue weighted by Gasteiger charge is 2.48. The summed E-state index contributed by atoms with van der Waals surface area (Å²) in [6.45, 7) is 4.44. The highest BCUT2D eigenvalue weighted by molar-refractivity contribution is 8.07. The van der Waals surface area contributed by atoms with Gasteiger partial charge in [-0.1, -0.05) is 35.5 Å². The van der Waals surface area contributed by atoms with Crippen molar-refractivity contribution in [1.82, 2.24) is 0 Å². The maximum atomic E-state index is 14.8. The molecule has 0 bridgehead atoms. The quantitative estimate of drug-likeness (QED) is 0.839. The summed E-state index contributed by atoms with van der Waals surface area (Å²) >= 11 is 0. The van der Waals surface area contributed by atoms with E-state index in [1.165, 1.54) is 12.1 Å². The van der Waals surface area contributed by atoms with Crippen LogP contribution in [0.1, 0.15) is 32.8 Å². The molecule has 0 radical (unpaired) electrons. The van der Waals surface area contributed by atoms with Crippen LogP contribution in [-0.2, 0) is 19.7 Å². The van der Waals surface area contributed by atoms with Gasteiger partial charge < -0.3 is 4.84 Å². The Hall–Kier alpha value is -1.43. The minimum Gasteiger partial charge on any atom is -0.389 e. The second kappa shape index (κ2) is 4.30. The van der Waals surface area contributed by atoms with Crippen LogP contribution in [0.5, 0.6) is 0 Å². The van der Waals surface area contributed by atoms with E-state index in [1.54, 1.807) is 32.0 Å². The molecule has 0 aliphatic carbocycles. The Labute approximate surface area is 112 Å². The third-order valence-corrected chi connectivity index (χ3v) is 5.16. The highest BCUT2D eigenvalue weighted by atomic mass is 32.2. The van der Waals surface area contributed by atoms with Gasteiger partial charge >= 0.3 is 0 Å². The third kappa shape index (κ3) is 2.36. The zero-order chi connectivity index (χ0) is 14.3. The molecule has 0 saturated heterocycles. The number of oxime groups is 1. The zero-order valence-electron chi connectivity index (χ0n) is 11.1. The van der Waals surface area contributed by atoms with E-state index in [2.05, 4.69) is 5.16 Å². The third-order valence-electron chi connectivity index (χ3n) is 3.08. The largest absolute Gasteiger partial charge is 0.389 e. The van der Waals surface area contributed by atoms with Crippen LogP contribution in [-0.4, -0.2) is 19.1 Å². The molecule has 0 saturated carbocycles. The van der Waals surface area contributed by atoms with Gasteiger partial charge in [-0.15, -0.1) is 0 Å². The van der Waals surface area contributed by atoms with E-state index < -0.39 is 20.4 Å². The Morgan fingerprint density at radius 1 is 1.32 bits per heavy atom. The van der Waals surface area contributed by atoms with E-state index in [1.807, 2.05) is 0 Å². The normalized spacial score (nSPS) is 21.4. The number of sulfone groups is 1. The van der Waals surface area contributed by atoms with Gasteiger partial charge in [0.25, 0.3) is 0 Å². The fraction of sp³-hybridized carbons (Fsp3) is 0.462. The Balaban J connectivity index is 2.41. The molecule has 0 N–H and O–H groups in total. The van der Waals surface area contributed by atoms with Gasteiger partial charge in [-0.3, -0.25) is 0 Å². The van der Waals surface area contributed by atoms with Crippen molar-refractivity contribution < 1.29 is 17.6 Å². The number of alkyl halides is 1. The van der Waals surface area contributed by atoms with Crippen molar-refractivity contribution in [3.05, 3.63) is 35.9 Å². The van der Waals surface area contributed by atoms with E-state index >= 15 is 0 Å². The van der Waals surface area contributed by atoms with Crippen LogP contribution in [0.2, 0.25) is 0 Å². The van der Waals surface area contributed by atoms with Gasteiger partial charge in [0.15, 0.2) is 5.04 Å². The fourth-order valence-corrected chi connectivity index (χ4v) is 3.42. The van der Waals surface area contributed by atoms with E-state index in [4.69, 9.17) is 4.84 Å². The first-order chi connectivity index (χ1) is 8.67. The molecule has 6 heteroatoms. The van der Waals surface area contributed by atoms with Gasteiger partial charge in [0.2, 0.25) is 14.8 Å². The van der Waals surface area contributed by atoms with Gasteiger partial charge in [-0.25, -0.2) is 12.8 Å². The van der Waals surface area contributed by atoms with E-state index in [-0.39, 0.29) is 17.0 Å². The van der Waals surface area contributed by atoms with E-state index in [0.29, 0.717) is 0 Å². The van der Waals surface area contributed by atoms with Gasteiger partial charge in [-0.2, -0.15) is 0 Å². The first kappa shape index (κ1) is 14.0. The monoisotopic (exact) mass is 285 g/mol. The van der Waals surface area contributed by atoms with Crippen molar-refractivity contribution in [3.8, 4) is 0 Å². The number of rotatable bonds is 2. The first-order valence-electron chi connectivity index (χ1n) is 5.91. The lowest BCUT2D eigenvalue weighted by atomic mass is 10.1. The molecule has 4 nitrogen and oxygen atoms in total. The molecule has 1 atom stereocenters. The van der Waals surface area contributed by atoms with Crippen molar-refractivity contribution in [2.45, 2.75) is 37.8 Å². The van der Waals surface area contributed by atoms with Crippen LogP contribution >= 0.6 is 0 Å². The summed E-state index contributed by atoms with van der Waals surface area (Å²) in [5.74, 6) is 0. The highest BCUT2D eigenvalue weighted by Crippen LogP contribution is 2.37. The molecular formula is C13H16FNO3S. The molecule has 19 heavy (non-hydrogen) atoms. The summed E-state index contributed by atoms with van der Waals surface area (Å²) in [5.41, 5.74) is -0.628. The first-order valence-corrected chi connectivity index (χ1v) is 7.39. The van der Waals surface area contributed by atoms with Gasteiger partial charge in [0.1, 0.15) is 5.60 Å². The van der Waals surface area contributed by atoms with Crippen LogP contribution in [0.3, 0.4) is 0 Å². The lowest BCUT2D eigenvalue weighted by molar-refractivity contribution is 0.0123. The summed E-state index contributed by atoms with van der Waals surface area (Å²) in [6, 6.07) is 7.78. The minimum absolute atomic E-state index is 0.0711. The second-order valence-corrected chi connectivity index (χ2v) is 7.54. The van der Waals surface area contributed by atoms with Crippen LogP contribution in [0.15, 0.2) is 35.5 Å². The molecule has 1 aliphatic heterocycles. The predicted octanol–water partition coefficient (Wildman–Crippen LogP) is 2.76. The fourth-order valence-electron chi connectivity index (χ4n) is 1.86. The van der Waals surface area contributed by atoms with Crippen molar-refractivity contribution in [1.29, 1.82) is 0 Å². The molecule has 1 aromatic carbocycles. The van der Waals surface area contributed by atoms with Crippen LogP contribution in [0.25, 0.3) is 0 Å². The number of hydrogen-bond acceptors (Lipinski definition) is 4. The van der Waals surface area contributed by atoms with Crippen LogP contribution in [0.4, 0.5) is 4.39 Å². The van der Waals surface area contributed by atoms with Crippen LogP contribution < -0.4 is 0 Å². The molecule has 0 spiro atoms. The van der Waals surface area contributed by atoms with E-state index in [9.17, 15) is 12.8 Å². The maximum Gasteiger partial charge on any atom is 0.238 e. The Morgan fingerprint density at radius 2 is 1.89 bits per heavy atom. The summed E-state index contributed by atoms with van der Waals surface area (Å²) in [5, 5.41) is 0.780. The molecular weight excluding hydrogens is 269 g/mol. The molecule has 2 rings (SSSR count). The lowest BCUT2D eigenvalue weighted by Gasteiger charge is -2.21. The molecule has 0 amide bonds. The van der Waals surface area contributed by atoms with Gasteiger partial charge in [0.05, 0.1) is 0 Å². The molecule has 0 fully saturated rings. The molecule has 1 unspecified atom stereocenters. The van der Waals surface area contributed by atoms with Gasteiger partial charge in [-0.05, 0) is 20.8 Å². The Morgan fingerprint density at radius 3 is 2.37 bits per heavy atom. The van der Waals surface area contributed by atoms with Crippen molar-refractivity contribution in [3.63, 3.8) is 0 Å². The molecule has 1 heterocycles. The summed E-state index contributed by atoms with van der Waals surface area (Å²) in [7, 11) is -4.20. The predicted molar refractivity (Wildman–Crippen MR) is 71.0 cm³/mol. The smallest absolute Gasteiger partial charge is 0.238 e. The second-order valence-electron chi connectivity index (χ2n) is 5.30. The van der Waals surface area contributed by atoms with Gasteiger partial charge in [0, 0.05) is 12.0 Å². The average molecular weight is 285 g/mol. The molecule has 104 valence electrons. The molecule has 0 aromatic heterocycles. The number of benzene rings is 1. The number of nitrogens with zero attached hydrogens (tertiary/aromatic N) is 1. The lowest BCUT2D eigenvalue weighted by Crippen LogP contribution is -2.34. The number of halogens is 1. The standard InChI is InChI=1S/C13H16FNO3S/c1-12(2)9-11(15-18-12)19(16,17)13(3,14)10-7-5-4-6-8-10/h4-8H,9H2,1-3H3. The summed E-state index contributed by atoms with van der Waals surface area (Å²) in [6.07, 6.45) is 0.0711. The van der Waals surface area contributed by atoms with Crippen molar-refractivity contribution in [2.75, 3.05) is 0 Å². The summed E-state index contributed by atoms with van der Waals surface area (Å²) < 4.78 is 39.5. The maximum absolute atomic E-state index is 14.8. The molecule has 1 aromatic rings. The average Bonchev–Trinajstić information content (AvgIpc) is 2.71. The number of hydrogen-bond donors (Lipinski definition) is 0. The molecule has 1 aliphatic rings. The van der Waals surface area contributed by atoms with E-state index in [0.717, 1.165) is 6.92 Å². The minimum atomic E-state index is -4.20. The van der Waals surface area contributed by atoms with Crippen molar-refractivity contribution >= 4 is 14.9 Å². The zero-order valence-corrected chi connectivity index (χ0v) is 11.9. The topological polar surface area (TPSA) is 55.7 Å².